The summed E-state index contributed by atoms with van der Waals surface area (Å²) >= 11 is 0. The second kappa shape index (κ2) is 8.33. The molecule has 0 saturated carbocycles. The zero-order valence-electron chi connectivity index (χ0n) is 14.9. The zero-order chi connectivity index (χ0) is 18.4. The number of aryl methyl sites for hydroxylation is 1. The number of methoxy groups -OCH3 is 1. The van der Waals surface area contributed by atoms with Crippen molar-refractivity contribution in [2.75, 3.05) is 13.7 Å². The molecule has 0 radical (unpaired) electrons. The van der Waals surface area contributed by atoms with Gasteiger partial charge in [0.25, 0.3) is 0 Å². The summed E-state index contributed by atoms with van der Waals surface area (Å²) in [6.07, 6.45) is -0.882. The van der Waals surface area contributed by atoms with Crippen LogP contribution in [0.15, 0.2) is 42.5 Å². The van der Waals surface area contributed by atoms with E-state index in [1.54, 1.807) is 37.3 Å². The lowest BCUT2D eigenvalue weighted by atomic mass is 10.1. The lowest BCUT2D eigenvalue weighted by molar-refractivity contribution is 0.0318. The summed E-state index contributed by atoms with van der Waals surface area (Å²) in [7, 11) is 1.53. The third-order valence-corrected chi connectivity index (χ3v) is 3.69. The number of carbonyl (C=O) groups is 2. The normalized spacial score (nSPS) is 11.5. The van der Waals surface area contributed by atoms with E-state index in [2.05, 4.69) is 0 Å². The summed E-state index contributed by atoms with van der Waals surface area (Å²) in [5.41, 5.74) is 1.87. The third kappa shape index (κ3) is 4.59. The van der Waals surface area contributed by atoms with Gasteiger partial charge >= 0.3 is 5.97 Å². The van der Waals surface area contributed by atoms with Crippen molar-refractivity contribution in [1.29, 1.82) is 0 Å². The van der Waals surface area contributed by atoms with Crippen LogP contribution in [0, 0.1) is 6.92 Å². The number of hydrogen-bond donors (Lipinski definition) is 0. The molecule has 132 valence electrons. The molecule has 0 aromatic heterocycles. The van der Waals surface area contributed by atoms with Gasteiger partial charge in [0.05, 0.1) is 19.3 Å². The first-order valence-electron chi connectivity index (χ1n) is 8.09. The molecule has 2 aromatic rings. The first-order valence-corrected chi connectivity index (χ1v) is 8.09. The van der Waals surface area contributed by atoms with Gasteiger partial charge in [-0.15, -0.1) is 0 Å². The van der Waals surface area contributed by atoms with Gasteiger partial charge in [0.2, 0.25) is 5.78 Å². The van der Waals surface area contributed by atoms with Crippen LogP contribution in [-0.4, -0.2) is 31.6 Å². The molecule has 0 N–H and O–H groups in total. The molecule has 0 heterocycles. The van der Waals surface area contributed by atoms with Gasteiger partial charge in [0.1, 0.15) is 0 Å². The lowest BCUT2D eigenvalue weighted by Gasteiger charge is -2.14. The van der Waals surface area contributed by atoms with Crippen molar-refractivity contribution < 1.29 is 23.8 Å². The topological polar surface area (TPSA) is 61.8 Å². The minimum Gasteiger partial charge on any atom is -0.493 e. The minimum atomic E-state index is -0.882. The van der Waals surface area contributed by atoms with Crippen molar-refractivity contribution in [3.63, 3.8) is 0 Å². The van der Waals surface area contributed by atoms with Gasteiger partial charge in [-0.2, -0.15) is 0 Å². The maximum atomic E-state index is 12.4. The van der Waals surface area contributed by atoms with E-state index < -0.39 is 12.1 Å². The maximum absolute atomic E-state index is 12.4. The predicted molar refractivity (Wildman–Crippen MR) is 94.6 cm³/mol. The number of Topliss-reactive ketones (excluding diaryl/α,β-unsaturated/α-hetero) is 1. The number of benzene rings is 2. The van der Waals surface area contributed by atoms with Crippen LogP contribution in [0.3, 0.4) is 0 Å². The average Bonchev–Trinajstić information content (AvgIpc) is 2.61. The van der Waals surface area contributed by atoms with Crippen LogP contribution in [0.4, 0.5) is 0 Å². The Morgan fingerprint density at radius 1 is 1.00 bits per heavy atom. The van der Waals surface area contributed by atoms with Gasteiger partial charge in [0.15, 0.2) is 17.6 Å². The highest BCUT2D eigenvalue weighted by atomic mass is 16.5. The highest BCUT2D eigenvalue weighted by Crippen LogP contribution is 2.28. The van der Waals surface area contributed by atoms with Crippen molar-refractivity contribution in [1.82, 2.24) is 0 Å². The molecule has 0 amide bonds. The highest BCUT2D eigenvalue weighted by molar-refractivity contribution is 6.01. The first-order chi connectivity index (χ1) is 12.0. The fourth-order valence-corrected chi connectivity index (χ4v) is 2.31. The van der Waals surface area contributed by atoms with Crippen LogP contribution in [0.25, 0.3) is 0 Å². The van der Waals surface area contributed by atoms with Crippen molar-refractivity contribution in [2.45, 2.75) is 26.9 Å². The van der Waals surface area contributed by atoms with E-state index in [1.165, 1.54) is 7.11 Å². The van der Waals surface area contributed by atoms with Gasteiger partial charge in [0, 0.05) is 5.56 Å². The van der Waals surface area contributed by atoms with E-state index in [0.29, 0.717) is 29.2 Å². The molecular formula is C20H22O5. The minimum absolute atomic E-state index is 0.244. The van der Waals surface area contributed by atoms with E-state index in [0.717, 1.165) is 5.56 Å². The second-order valence-corrected chi connectivity index (χ2v) is 5.58. The third-order valence-electron chi connectivity index (χ3n) is 3.69. The number of rotatable bonds is 7. The van der Waals surface area contributed by atoms with E-state index >= 15 is 0 Å². The maximum Gasteiger partial charge on any atom is 0.338 e. The Labute approximate surface area is 147 Å². The molecule has 0 spiro atoms. The SMILES string of the molecule is CCOc1cc(C(=O)OC(C)C(=O)c2ccc(C)cc2)ccc1OC. The molecule has 1 unspecified atom stereocenters. The molecule has 2 aromatic carbocycles. The van der Waals surface area contributed by atoms with Crippen molar-refractivity contribution in [3.05, 3.63) is 59.2 Å². The fourth-order valence-electron chi connectivity index (χ4n) is 2.31. The summed E-state index contributed by atoms with van der Waals surface area (Å²) in [4.78, 5) is 24.7. The van der Waals surface area contributed by atoms with Gasteiger partial charge < -0.3 is 14.2 Å². The number of esters is 1. The summed E-state index contributed by atoms with van der Waals surface area (Å²) in [6, 6.07) is 11.9. The molecule has 5 nitrogen and oxygen atoms in total. The van der Waals surface area contributed by atoms with Crippen LogP contribution in [0.5, 0.6) is 11.5 Å². The monoisotopic (exact) mass is 342 g/mol. The molecule has 5 heteroatoms. The molecule has 0 saturated heterocycles. The molecular weight excluding hydrogens is 320 g/mol. The molecule has 0 aliphatic carbocycles. The van der Waals surface area contributed by atoms with Crippen molar-refractivity contribution in [3.8, 4) is 11.5 Å². The van der Waals surface area contributed by atoms with Gasteiger partial charge in [-0.3, -0.25) is 4.79 Å². The molecule has 25 heavy (non-hydrogen) atoms. The number of hydrogen-bond acceptors (Lipinski definition) is 5. The van der Waals surface area contributed by atoms with Crippen LogP contribution in [-0.2, 0) is 4.74 Å². The molecule has 0 aliphatic rings. The molecule has 0 bridgehead atoms. The van der Waals surface area contributed by atoms with Crippen LogP contribution in [0.2, 0.25) is 0 Å². The zero-order valence-corrected chi connectivity index (χ0v) is 14.9. The van der Waals surface area contributed by atoms with E-state index in [9.17, 15) is 9.59 Å². The largest absolute Gasteiger partial charge is 0.493 e. The Morgan fingerprint density at radius 3 is 2.24 bits per heavy atom. The molecule has 0 aliphatic heterocycles. The summed E-state index contributed by atoms with van der Waals surface area (Å²) in [6.45, 7) is 5.79. The Balaban J connectivity index is 2.11. The smallest absolute Gasteiger partial charge is 0.338 e. The predicted octanol–water partition coefficient (Wildman–Crippen LogP) is 3.83. The Kier molecular flexibility index (Phi) is 6.17. The van der Waals surface area contributed by atoms with Gasteiger partial charge in [-0.05, 0) is 39.0 Å². The van der Waals surface area contributed by atoms with Gasteiger partial charge in [-0.1, -0.05) is 29.8 Å². The average molecular weight is 342 g/mol. The standard InChI is InChI=1S/C20H22O5/c1-5-24-18-12-16(10-11-17(18)23-4)20(22)25-14(3)19(21)15-8-6-13(2)7-9-15/h6-12,14H,5H2,1-4H3. The number of carbonyl (C=O) groups excluding carboxylic acids is 2. The summed E-state index contributed by atoms with van der Waals surface area (Å²) < 4.78 is 15.9. The first kappa shape index (κ1) is 18.5. The molecule has 0 fully saturated rings. The lowest BCUT2D eigenvalue weighted by Crippen LogP contribution is -2.24. The van der Waals surface area contributed by atoms with E-state index in [1.807, 2.05) is 26.0 Å². The van der Waals surface area contributed by atoms with E-state index in [-0.39, 0.29) is 5.78 Å². The van der Waals surface area contributed by atoms with Crippen LogP contribution in [0.1, 0.15) is 40.1 Å². The molecule has 1 atom stereocenters. The van der Waals surface area contributed by atoms with Crippen molar-refractivity contribution in [2.24, 2.45) is 0 Å². The summed E-state index contributed by atoms with van der Waals surface area (Å²) in [5, 5.41) is 0. The Hall–Kier alpha value is -2.82. The van der Waals surface area contributed by atoms with Crippen LogP contribution >= 0.6 is 0 Å². The van der Waals surface area contributed by atoms with Crippen molar-refractivity contribution >= 4 is 11.8 Å². The quantitative estimate of drug-likeness (QED) is 0.565. The summed E-state index contributed by atoms with van der Waals surface area (Å²) in [5.74, 6) is 0.155. The Morgan fingerprint density at radius 2 is 1.64 bits per heavy atom. The van der Waals surface area contributed by atoms with Crippen LogP contribution < -0.4 is 9.47 Å². The highest BCUT2D eigenvalue weighted by Gasteiger charge is 2.21. The van der Waals surface area contributed by atoms with Gasteiger partial charge in [-0.25, -0.2) is 4.79 Å². The van der Waals surface area contributed by atoms with E-state index in [4.69, 9.17) is 14.2 Å². The Bertz CT molecular complexity index is 749. The second-order valence-electron chi connectivity index (χ2n) is 5.58. The fraction of sp³-hybridized carbons (Fsp3) is 0.300. The number of ketones is 1. The molecule has 2 rings (SSSR count). The number of ether oxygens (including phenoxy) is 3.